The third-order valence-corrected chi connectivity index (χ3v) is 8.47. The molecule has 0 radical (unpaired) electrons. The number of hydrogen-bond donors (Lipinski definition) is 4. The number of carbonyl (C=O) groups excluding carboxylic acids is 1. The number of morpholine rings is 1. The first-order valence-corrected chi connectivity index (χ1v) is 16.1. The van der Waals surface area contributed by atoms with Crippen LogP contribution in [-0.2, 0) is 27.2 Å². The summed E-state index contributed by atoms with van der Waals surface area (Å²) >= 11 is 4.00. The zero-order valence-corrected chi connectivity index (χ0v) is 27.0. The summed E-state index contributed by atoms with van der Waals surface area (Å²) < 4.78 is 59.0. The fourth-order valence-electron chi connectivity index (χ4n) is 6.08. The predicted molar refractivity (Wildman–Crippen MR) is 175 cm³/mol. The van der Waals surface area contributed by atoms with Gasteiger partial charge in [-0.1, -0.05) is 11.6 Å². The number of carbonyl (C=O) groups is 1. The minimum Gasteiger partial charge on any atom is -0.372 e. The van der Waals surface area contributed by atoms with Crippen LogP contribution < -0.4 is 20.5 Å². The highest BCUT2D eigenvalue weighted by Gasteiger charge is 2.27. The topological polar surface area (TPSA) is 154 Å². The van der Waals surface area contributed by atoms with Crippen LogP contribution in [0.5, 0.6) is 0 Å². The highest BCUT2D eigenvalue weighted by atomic mass is 35.5. The Kier molecular flexibility index (Phi) is 8.98. The van der Waals surface area contributed by atoms with Gasteiger partial charge in [0.05, 0.1) is 50.8 Å². The molecule has 47 heavy (non-hydrogen) atoms. The van der Waals surface area contributed by atoms with Crippen molar-refractivity contribution in [3.63, 3.8) is 0 Å². The minimum atomic E-state index is -2.48. The highest BCUT2D eigenvalue weighted by Crippen LogP contribution is 2.34. The molecule has 3 heterocycles. The lowest BCUT2D eigenvalue weighted by molar-refractivity contribution is -0.119. The molecule has 2 aromatic heterocycles. The first-order chi connectivity index (χ1) is 22.4. The van der Waals surface area contributed by atoms with Crippen molar-refractivity contribution in [1.29, 1.82) is 0 Å². The van der Waals surface area contributed by atoms with E-state index < -0.39 is 40.4 Å². The van der Waals surface area contributed by atoms with Crippen LogP contribution in [0, 0.1) is 11.6 Å². The van der Waals surface area contributed by atoms with Crippen LogP contribution >= 0.6 is 11.6 Å². The molecule has 0 saturated carbocycles. The number of halogens is 3. The van der Waals surface area contributed by atoms with Gasteiger partial charge in [-0.05, 0) is 61.9 Å². The number of fused-ring (bicyclic) bond motifs is 2. The lowest BCUT2D eigenvalue weighted by Gasteiger charge is -2.37. The zero-order chi connectivity index (χ0) is 33.6. The van der Waals surface area contributed by atoms with Gasteiger partial charge in [0.1, 0.15) is 17.5 Å². The van der Waals surface area contributed by atoms with E-state index in [1.807, 2.05) is 19.9 Å². The molecule has 0 spiro atoms. The third kappa shape index (κ3) is 6.70. The summed E-state index contributed by atoms with van der Waals surface area (Å²) in [5.74, 6) is -2.06. The van der Waals surface area contributed by atoms with Crippen molar-refractivity contribution in [2.45, 2.75) is 45.4 Å². The molecule has 16 heteroatoms. The molecule has 0 aliphatic carbocycles. The molecular weight excluding hydrogens is 656 g/mol. The second-order valence-electron chi connectivity index (χ2n) is 11.4. The maximum absolute atomic E-state index is 14.5. The highest BCUT2D eigenvalue weighted by molar-refractivity contribution is 7.80. The smallest absolute Gasteiger partial charge is 0.266 e. The second-order valence-corrected chi connectivity index (χ2v) is 12.6. The number of hydrogen-bond acceptors (Lipinski definition) is 7. The number of rotatable bonds is 8. The average molecular weight is 686 g/mol. The minimum absolute atomic E-state index is 0.0221. The van der Waals surface area contributed by atoms with Crippen molar-refractivity contribution in [3.05, 3.63) is 86.9 Å². The van der Waals surface area contributed by atoms with Crippen LogP contribution in [0.25, 0.3) is 27.5 Å². The molecule has 1 aliphatic heterocycles. The Bertz CT molecular complexity index is 2080. The van der Waals surface area contributed by atoms with Gasteiger partial charge in [-0.15, -0.1) is 0 Å². The van der Waals surface area contributed by atoms with Crippen molar-refractivity contribution < 1.29 is 27.1 Å². The fourth-order valence-corrected chi connectivity index (χ4v) is 6.64. The molecule has 5 aromatic rings. The van der Waals surface area contributed by atoms with Crippen LogP contribution in [0.4, 0.5) is 20.3 Å². The quantitative estimate of drug-likeness (QED) is 0.170. The normalized spacial score (nSPS) is 18.0. The van der Waals surface area contributed by atoms with Crippen molar-refractivity contribution in [2.24, 2.45) is 0 Å². The van der Waals surface area contributed by atoms with Crippen molar-refractivity contribution in [3.8, 4) is 5.69 Å². The first-order valence-electron chi connectivity index (χ1n) is 14.6. The summed E-state index contributed by atoms with van der Waals surface area (Å²) in [5, 5.41) is 10.3. The van der Waals surface area contributed by atoms with E-state index in [0.717, 1.165) is 23.9 Å². The van der Waals surface area contributed by atoms with Gasteiger partial charge in [-0.2, -0.15) is 5.10 Å². The SMILES string of the molecule is CC(=O)N[C@@H](Cc1cc(F)cc(F)c1)c1nc2cc(N3C[C@@H](C)O[C@@H](C)C3)ccc2c(=O)n1-c1ccc(Cl)c2c(NS(=O)O)n[nH]c12. The molecule has 1 fully saturated rings. The monoisotopic (exact) mass is 685 g/mol. The molecule has 4 N–H and O–H groups in total. The molecule has 1 unspecified atom stereocenters. The van der Waals surface area contributed by atoms with Crippen LogP contribution in [0.3, 0.4) is 0 Å². The fraction of sp³-hybridized carbons (Fsp3) is 0.290. The van der Waals surface area contributed by atoms with Gasteiger partial charge in [0.2, 0.25) is 5.91 Å². The maximum atomic E-state index is 14.5. The van der Waals surface area contributed by atoms with Gasteiger partial charge >= 0.3 is 0 Å². The summed E-state index contributed by atoms with van der Waals surface area (Å²) in [6.07, 6.45) is -0.169. The number of nitrogens with zero attached hydrogens (tertiary/aromatic N) is 4. The van der Waals surface area contributed by atoms with E-state index in [0.29, 0.717) is 18.6 Å². The summed E-state index contributed by atoms with van der Waals surface area (Å²) in [6, 6.07) is 10.3. The molecule has 1 aliphatic rings. The van der Waals surface area contributed by atoms with Crippen molar-refractivity contribution >= 4 is 62.1 Å². The second kappa shape index (κ2) is 13.0. The predicted octanol–water partition coefficient (Wildman–Crippen LogP) is 4.78. The van der Waals surface area contributed by atoms with Crippen LogP contribution in [0.1, 0.15) is 38.2 Å². The van der Waals surface area contributed by atoms with E-state index in [-0.39, 0.29) is 62.8 Å². The average Bonchev–Trinajstić information content (AvgIpc) is 3.40. The number of H-pyrrole nitrogens is 1. The van der Waals surface area contributed by atoms with Gasteiger partial charge in [0.15, 0.2) is 5.82 Å². The Morgan fingerprint density at radius 3 is 2.51 bits per heavy atom. The molecule has 1 saturated heterocycles. The third-order valence-electron chi connectivity index (χ3n) is 7.79. The Labute approximate surface area is 274 Å². The Morgan fingerprint density at radius 2 is 1.85 bits per heavy atom. The van der Waals surface area contributed by atoms with Gasteiger partial charge in [-0.3, -0.25) is 28.5 Å². The van der Waals surface area contributed by atoms with Crippen LogP contribution in [0.15, 0.2) is 53.3 Å². The molecule has 4 atom stereocenters. The van der Waals surface area contributed by atoms with E-state index in [1.54, 1.807) is 18.2 Å². The number of ether oxygens (including phenoxy) is 1. The van der Waals surface area contributed by atoms with Gasteiger partial charge in [0.25, 0.3) is 16.8 Å². The number of benzene rings is 3. The number of aromatic amines is 1. The number of nitrogens with one attached hydrogen (secondary N) is 3. The molecule has 0 bridgehead atoms. The molecule has 12 nitrogen and oxygen atoms in total. The van der Waals surface area contributed by atoms with Crippen molar-refractivity contribution in [2.75, 3.05) is 22.7 Å². The number of amides is 1. The largest absolute Gasteiger partial charge is 0.372 e. The van der Waals surface area contributed by atoms with E-state index >= 15 is 0 Å². The zero-order valence-electron chi connectivity index (χ0n) is 25.4. The van der Waals surface area contributed by atoms with E-state index in [4.69, 9.17) is 21.3 Å². The van der Waals surface area contributed by atoms with E-state index in [9.17, 15) is 27.1 Å². The lowest BCUT2D eigenvalue weighted by atomic mass is 10.0. The summed E-state index contributed by atoms with van der Waals surface area (Å²) in [5.41, 5.74) is 1.28. The van der Waals surface area contributed by atoms with Gasteiger partial charge in [0, 0.05) is 38.2 Å². The molecule has 1 amide bonds. The van der Waals surface area contributed by atoms with Crippen molar-refractivity contribution in [1.82, 2.24) is 25.1 Å². The summed E-state index contributed by atoms with van der Waals surface area (Å²) in [6.45, 7) is 6.48. The molecular formula is C31H30ClF2N7O5S. The van der Waals surface area contributed by atoms with E-state index in [2.05, 4.69) is 25.1 Å². The number of anilines is 2. The summed E-state index contributed by atoms with van der Waals surface area (Å²) in [4.78, 5) is 34.1. The maximum Gasteiger partial charge on any atom is 0.266 e. The summed E-state index contributed by atoms with van der Waals surface area (Å²) in [7, 11) is 0. The van der Waals surface area contributed by atoms with Gasteiger partial charge < -0.3 is 15.0 Å². The van der Waals surface area contributed by atoms with Crippen LogP contribution in [-0.4, -0.2) is 59.7 Å². The molecule has 3 aromatic carbocycles. The van der Waals surface area contributed by atoms with Crippen LogP contribution in [0.2, 0.25) is 5.02 Å². The van der Waals surface area contributed by atoms with Gasteiger partial charge in [-0.25, -0.2) is 18.0 Å². The Balaban J connectivity index is 1.61. The van der Waals surface area contributed by atoms with E-state index in [1.165, 1.54) is 17.6 Å². The Morgan fingerprint density at radius 1 is 1.15 bits per heavy atom. The first kappa shape index (κ1) is 32.5. The molecule has 6 rings (SSSR count). The standard InChI is InChI=1S/C31H30ClF2N7O5S/c1-15-13-40(14-16(2)46-15)21-4-5-22-24(12-21)36-30(25(35-17(3)42)10-18-8-19(33)11-20(34)9-18)41(31(22)43)26-7-6-23(32)27-28(26)37-38-29(27)39-47(44)45/h4-9,11-12,15-16,25H,10,13-14H2,1-3H3,(H,35,42)(H,44,45)(H2,37,38,39)/t15-,16+,25-/m0/s1. The lowest BCUT2D eigenvalue weighted by Crippen LogP contribution is -2.45. The Hall–Kier alpha value is -4.44. The number of aromatic nitrogens is 4. The molecule has 246 valence electrons.